The Balaban J connectivity index is 1.71. The van der Waals surface area contributed by atoms with E-state index in [2.05, 4.69) is 27.5 Å². The molecule has 0 aliphatic heterocycles. The second-order valence-corrected chi connectivity index (χ2v) is 6.70. The summed E-state index contributed by atoms with van der Waals surface area (Å²) in [6.07, 6.45) is 0.956. The normalized spacial score (nSPS) is 11.0. The van der Waals surface area contributed by atoms with Crippen molar-refractivity contribution in [2.45, 2.75) is 27.2 Å². The molecule has 0 spiro atoms. The van der Waals surface area contributed by atoms with Crippen LogP contribution in [0.3, 0.4) is 0 Å². The van der Waals surface area contributed by atoms with Gasteiger partial charge >= 0.3 is 0 Å². The maximum atomic E-state index is 12.7. The standard InChI is InChI=1S/C22H21N5O/c1-4-16-10-12-18(13-11-16)23-22(28)20-15(3)27-21(25-24-20)19(14(2)26-27)17-8-6-5-7-9-17/h5-13H,4H2,1-3H3,(H,23,28). The number of anilines is 1. The van der Waals surface area contributed by atoms with Gasteiger partial charge in [0.1, 0.15) is 0 Å². The number of fused-ring (bicyclic) bond motifs is 1. The largest absolute Gasteiger partial charge is 0.321 e. The minimum atomic E-state index is -0.300. The summed E-state index contributed by atoms with van der Waals surface area (Å²) in [6.45, 7) is 5.86. The van der Waals surface area contributed by atoms with E-state index in [0.29, 0.717) is 11.3 Å². The zero-order valence-electron chi connectivity index (χ0n) is 16.1. The van der Waals surface area contributed by atoms with E-state index >= 15 is 0 Å². The van der Waals surface area contributed by atoms with Crippen LogP contribution in [0.2, 0.25) is 0 Å². The van der Waals surface area contributed by atoms with Gasteiger partial charge in [0, 0.05) is 5.69 Å². The van der Waals surface area contributed by atoms with Gasteiger partial charge in [0.2, 0.25) is 0 Å². The van der Waals surface area contributed by atoms with Crippen LogP contribution in [0.5, 0.6) is 0 Å². The van der Waals surface area contributed by atoms with Crippen molar-refractivity contribution in [3.05, 3.63) is 77.2 Å². The predicted molar refractivity (Wildman–Crippen MR) is 109 cm³/mol. The molecule has 0 fully saturated rings. The Kier molecular flexibility index (Phi) is 4.61. The van der Waals surface area contributed by atoms with Crippen LogP contribution in [0.4, 0.5) is 5.69 Å². The maximum Gasteiger partial charge on any atom is 0.278 e. The number of carbonyl (C=O) groups is 1. The van der Waals surface area contributed by atoms with Crippen molar-refractivity contribution in [3.8, 4) is 11.1 Å². The van der Waals surface area contributed by atoms with Crippen LogP contribution in [0, 0.1) is 13.8 Å². The number of carbonyl (C=O) groups excluding carboxylic acids is 1. The van der Waals surface area contributed by atoms with E-state index in [1.54, 1.807) is 4.52 Å². The Hall–Kier alpha value is -3.54. The molecule has 2 aromatic carbocycles. The van der Waals surface area contributed by atoms with Crippen molar-refractivity contribution < 1.29 is 4.79 Å². The first kappa shape index (κ1) is 17.9. The van der Waals surface area contributed by atoms with E-state index in [1.807, 2.05) is 68.4 Å². The molecule has 0 radical (unpaired) electrons. The second-order valence-electron chi connectivity index (χ2n) is 6.70. The molecule has 4 aromatic rings. The summed E-state index contributed by atoms with van der Waals surface area (Å²) < 4.78 is 1.69. The van der Waals surface area contributed by atoms with Gasteiger partial charge < -0.3 is 5.32 Å². The molecular weight excluding hydrogens is 350 g/mol. The third kappa shape index (κ3) is 3.13. The van der Waals surface area contributed by atoms with Crippen LogP contribution >= 0.6 is 0 Å². The third-order valence-electron chi connectivity index (χ3n) is 4.84. The van der Waals surface area contributed by atoms with E-state index in [9.17, 15) is 4.79 Å². The Morgan fingerprint density at radius 1 is 1.00 bits per heavy atom. The molecule has 2 heterocycles. The van der Waals surface area contributed by atoms with Gasteiger partial charge in [0.05, 0.1) is 17.0 Å². The van der Waals surface area contributed by atoms with Crippen LogP contribution < -0.4 is 5.32 Å². The maximum absolute atomic E-state index is 12.7. The third-order valence-corrected chi connectivity index (χ3v) is 4.84. The molecule has 0 atom stereocenters. The number of aryl methyl sites for hydroxylation is 3. The Morgan fingerprint density at radius 2 is 1.71 bits per heavy atom. The van der Waals surface area contributed by atoms with Crippen molar-refractivity contribution in [1.29, 1.82) is 0 Å². The highest BCUT2D eigenvalue weighted by Crippen LogP contribution is 2.27. The first-order chi connectivity index (χ1) is 13.6. The van der Waals surface area contributed by atoms with Crippen LogP contribution in [0.25, 0.3) is 16.8 Å². The summed E-state index contributed by atoms with van der Waals surface area (Å²) in [4.78, 5) is 12.7. The lowest BCUT2D eigenvalue weighted by Gasteiger charge is -2.08. The lowest BCUT2D eigenvalue weighted by molar-refractivity contribution is 0.102. The molecule has 0 bridgehead atoms. The molecule has 0 aliphatic rings. The van der Waals surface area contributed by atoms with Crippen molar-refractivity contribution in [1.82, 2.24) is 19.8 Å². The first-order valence-electron chi connectivity index (χ1n) is 9.26. The summed E-state index contributed by atoms with van der Waals surface area (Å²) >= 11 is 0. The molecule has 2 aromatic heterocycles. The van der Waals surface area contributed by atoms with E-state index < -0.39 is 0 Å². The first-order valence-corrected chi connectivity index (χ1v) is 9.26. The van der Waals surface area contributed by atoms with Crippen molar-refractivity contribution >= 4 is 17.2 Å². The monoisotopic (exact) mass is 371 g/mol. The van der Waals surface area contributed by atoms with Crippen LogP contribution in [0.15, 0.2) is 54.6 Å². The number of rotatable bonds is 4. The fourth-order valence-electron chi connectivity index (χ4n) is 3.28. The number of hydrogen-bond acceptors (Lipinski definition) is 4. The minimum Gasteiger partial charge on any atom is -0.321 e. The van der Waals surface area contributed by atoms with Crippen molar-refractivity contribution in [2.75, 3.05) is 5.32 Å². The van der Waals surface area contributed by atoms with Gasteiger partial charge in [-0.15, -0.1) is 10.2 Å². The fourth-order valence-corrected chi connectivity index (χ4v) is 3.28. The molecule has 1 amide bonds. The van der Waals surface area contributed by atoms with Crippen molar-refractivity contribution in [2.24, 2.45) is 0 Å². The lowest BCUT2D eigenvalue weighted by atomic mass is 10.1. The molecule has 6 nitrogen and oxygen atoms in total. The number of hydrogen-bond donors (Lipinski definition) is 1. The van der Waals surface area contributed by atoms with Gasteiger partial charge in [-0.05, 0) is 43.5 Å². The molecule has 4 rings (SSSR count). The van der Waals surface area contributed by atoms with Gasteiger partial charge in [-0.2, -0.15) is 5.10 Å². The number of amides is 1. The number of nitrogens with one attached hydrogen (secondary N) is 1. The molecule has 140 valence electrons. The summed E-state index contributed by atoms with van der Waals surface area (Å²) in [6, 6.07) is 17.7. The Labute approximate surface area is 163 Å². The van der Waals surface area contributed by atoms with Gasteiger partial charge in [0.15, 0.2) is 11.3 Å². The second kappa shape index (κ2) is 7.23. The molecule has 0 saturated heterocycles. The Morgan fingerprint density at radius 3 is 2.39 bits per heavy atom. The van der Waals surface area contributed by atoms with Gasteiger partial charge in [-0.3, -0.25) is 4.79 Å². The van der Waals surface area contributed by atoms with E-state index in [4.69, 9.17) is 0 Å². The highest BCUT2D eigenvalue weighted by Gasteiger charge is 2.20. The topological polar surface area (TPSA) is 72.2 Å². The average Bonchev–Trinajstić information content (AvgIpc) is 3.06. The quantitative estimate of drug-likeness (QED) is 0.583. The lowest BCUT2D eigenvalue weighted by Crippen LogP contribution is -2.18. The smallest absolute Gasteiger partial charge is 0.278 e. The molecule has 1 N–H and O–H groups in total. The molecule has 28 heavy (non-hydrogen) atoms. The van der Waals surface area contributed by atoms with Gasteiger partial charge in [-0.25, -0.2) is 4.52 Å². The van der Waals surface area contributed by atoms with Crippen molar-refractivity contribution in [3.63, 3.8) is 0 Å². The predicted octanol–water partition coefficient (Wildman–Crippen LogP) is 4.22. The van der Waals surface area contributed by atoms with E-state index in [1.165, 1.54) is 5.56 Å². The van der Waals surface area contributed by atoms with Gasteiger partial charge in [-0.1, -0.05) is 49.4 Å². The SMILES string of the molecule is CCc1ccc(NC(=O)c2nnc3c(-c4ccccc4)c(C)nn3c2C)cc1. The average molecular weight is 371 g/mol. The number of nitrogens with zero attached hydrogens (tertiary/aromatic N) is 4. The Bertz CT molecular complexity index is 1150. The highest BCUT2D eigenvalue weighted by atomic mass is 16.2. The van der Waals surface area contributed by atoms with Crippen LogP contribution in [-0.2, 0) is 6.42 Å². The minimum absolute atomic E-state index is 0.258. The summed E-state index contributed by atoms with van der Waals surface area (Å²) in [5.41, 5.74) is 6.30. The number of benzene rings is 2. The molecule has 0 saturated carbocycles. The highest BCUT2D eigenvalue weighted by molar-refractivity contribution is 6.03. The van der Waals surface area contributed by atoms with Crippen LogP contribution in [-0.4, -0.2) is 25.7 Å². The molecule has 0 unspecified atom stereocenters. The molecule has 6 heteroatoms. The van der Waals surface area contributed by atoms with Gasteiger partial charge in [0.25, 0.3) is 5.91 Å². The van der Waals surface area contributed by atoms with E-state index in [-0.39, 0.29) is 11.6 Å². The van der Waals surface area contributed by atoms with E-state index in [0.717, 1.165) is 28.9 Å². The molecular formula is C22H21N5O. The summed E-state index contributed by atoms with van der Waals surface area (Å²) in [7, 11) is 0. The number of aromatic nitrogens is 4. The zero-order valence-corrected chi connectivity index (χ0v) is 16.1. The zero-order chi connectivity index (χ0) is 19.7. The fraction of sp³-hybridized carbons (Fsp3) is 0.182. The summed E-state index contributed by atoms with van der Waals surface area (Å²) in [5.74, 6) is -0.300. The van der Waals surface area contributed by atoms with Crippen LogP contribution in [0.1, 0.15) is 34.4 Å². The summed E-state index contributed by atoms with van der Waals surface area (Å²) in [5, 5.41) is 16.0. The molecule has 0 aliphatic carbocycles.